The van der Waals surface area contributed by atoms with Crippen LogP contribution >= 0.6 is 0 Å². The first-order chi connectivity index (χ1) is 12.5. The number of pyridine rings is 1. The summed E-state index contributed by atoms with van der Waals surface area (Å²) >= 11 is 0. The number of fused-ring (bicyclic) bond motifs is 1. The molecule has 2 aliphatic heterocycles. The standard InChI is InChI=1S/C19H20N2O4S/c22-19(21-11-15-7-9-26(23,24)18(15)12-21)16-5-1-2-6-17(16)25-13-14-4-3-8-20-10-14/h1-6,8,10,15,18H,7,9,11-13H2/t15-,18+/m0/s1. The lowest BCUT2D eigenvalue weighted by Crippen LogP contribution is -2.32. The molecule has 2 aromatic rings. The number of hydrogen-bond donors (Lipinski definition) is 0. The molecule has 0 bridgehead atoms. The van der Waals surface area contributed by atoms with Crippen molar-refractivity contribution < 1.29 is 17.9 Å². The number of aromatic nitrogens is 1. The molecule has 2 fully saturated rings. The molecule has 136 valence electrons. The Hall–Kier alpha value is -2.41. The number of benzene rings is 1. The predicted molar refractivity (Wildman–Crippen MR) is 96.6 cm³/mol. The van der Waals surface area contributed by atoms with Crippen molar-refractivity contribution in [2.24, 2.45) is 5.92 Å². The molecular formula is C19H20N2O4S. The van der Waals surface area contributed by atoms with E-state index in [1.165, 1.54) is 0 Å². The second kappa shape index (κ2) is 6.72. The van der Waals surface area contributed by atoms with Crippen LogP contribution < -0.4 is 4.74 Å². The highest BCUT2D eigenvalue weighted by atomic mass is 32.2. The van der Waals surface area contributed by atoms with Crippen molar-refractivity contribution in [3.8, 4) is 5.75 Å². The van der Waals surface area contributed by atoms with Gasteiger partial charge in [0, 0.05) is 31.0 Å². The van der Waals surface area contributed by atoms with Gasteiger partial charge in [0.05, 0.1) is 16.6 Å². The maximum absolute atomic E-state index is 13.0. The molecule has 1 amide bonds. The quantitative estimate of drug-likeness (QED) is 0.820. The molecule has 26 heavy (non-hydrogen) atoms. The summed E-state index contributed by atoms with van der Waals surface area (Å²) in [6, 6.07) is 10.8. The minimum atomic E-state index is -3.06. The Morgan fingerprint density at radius 2 is 2.04 bits per heavy atom. The van der Waals surface area contributed by atoms with Gasteiger partial charge in [-0.05, 0) is 30.5 Å². The summed E-state index contributed by atoms with van der Waals surface area (Å²) in [5.74, 6) is 0.639. The number of para-hydroxylation sites is 1. The van der Waals surface area contributed by atoms with E-state index in [1.54, 1.807) is 35.5 Å². The molecule has 2 aliphatic rings. The monoisotopic (exact) mass is 372 g/mol. The van der Waals surface area contributed by atoms with Crippen LogP contribution in [0.25, 0.3) is 0 Å². The molecule has 3 heterocycles. The average molecular weight is 372 g/mol. The Balaban J connectivity index is 1.50. The number of amides is 1. The molecule has 1 aromatic carbocycles. The first-order valence-corrected chi connectivity index (χ1v) is 10.4. The van der Waals surface area contributed by atoms with Gasteiger partial charge in [-0.1, -0.05) is 18.2 Å². The highest BCUT2D eigenvalue weighted by Gasteiger charge is 2.47. The van der Waals surface area contributed by atoms with E-state index in [9.17, 15) is 13.2 Å². The summed E-state index contributed by atoms with van der Waals surface area (Å²) in [4.78, 5) is 18.7. The van der Waals surface area contributed by atoms with Gasteiger partial charge in [0.15, 0.2) is 9.84 Å². The molecule has 4 rings (SSSR count). The van der Waals surface area contributed by atoms with Crippen molar-refractivity contribution in [2.75, 3.05) is 18.8 Å². The fourth-order valence-electron chi connectivity index (χ4n) is 3.74. The van der Waals surface area contributed by atoms with E-state index in [4.69, 9.17) is 4.74 Å². The molecule has 2 atom stereocenters. The Bertz CT molecular complexity index is 914. The van der Waals surface area contributed by atoms with Crippen molar-refractivity contribution in [3.05, 3.63) is 59.9 Å². The third-order valence-corrected chi connectivity index (χ3v) is 7.40. The van der Waals surface area contributed by atoms with Gasteiger partial charge in [-0.3, -0.25) is 9.78 Å². The van der Waals surface area contributed by atoms with Crippen LogP contribution in [-0.4, -0.2) is 48.3 Å². The number of nitrogens with zero attached hydrogens (tertiary/aromatic N) is 2. The second-order valence-electron chi connectivity index (χ2n) is 6.81. The maximum Gasteiger partial charge on any atom is 0.257 e. The van der Waals surface area contributed by atoms with Gasteiger partial charge < -0.3 is 9.64 Å². The topological polar surface area (TPSA) is 76.6 Å². The normalized spacial score (nSPS) is 23.6. The Morgan fingerprint density at radius 1 is 1.19 bits per heavy atom. The molecule has 0 aliphatic carbocycles. The van der Waals surface area contributed by atoms with Crippen molar-refractivity contribution in [1.82, 2.24) is 9.88 Å². The number of hydrogen-bond acceptors (Lipinski definition) is 5. The van der Waals surface area contributed by atoms with E-state index in [1.807, 2.05) is 18.2 Å². The highest BCUT2D eigenvalue weighted by molar-refractivity contribution is 7.92. The summed E-state index contributed by atoms with van der Waals surface area (Å²) in [5, 5.41) is -0.407. The third kappa shape index (κ3) is 3.19. The molecule has 0 saturated carbocycles. The zero-order valence-electron chi connectivity index (χ0n) is 14.2. The van der Waals surface area contributed by atoms with Crippen LogP contribution in [0.3, 0.4) is 0 Å². The average Bonchev–Trinajstić information content (AvgIpc) is 3.21. The van der Waals surface area contributed by atoms with Crippen molar-refractivity contribution >= 4 is 15.7 Å². The van der Waals surface area contributed by atoms with Crippen LogP contribution in [0.1, 0.15) is 22.3 Å². The molecular weight excluding hydrogens is 352 g/mol. The predicted octanol–water partition coefficient (Wildman–Crippen LogP) is 1.92. The van der Waals surface area contributed by atoms with E-state index in [0.29, 0.717) is 30.9 Å². The molecule has 2 saturated heterocycles. The number of ether oxygens (including phenoxy) is 1. The Morgan fingerprint density at radius 3 is 2.81 bits per heavy atom. The van der Waals surface area contributed by atoms with Crippen LogP contribution in [0.4, 0.5) is 0 Å². The van der Waals surface area contributed by atoms with E-state index < -0.39 is 15.1 Å². The molecule has 0 spiro atoms. The van der Waals surface area contributed by atoms with Gasteiger partial charge in [0.25, 0.3) is 5.91 Å². The number of sulfone groups is 1. The van der Waals surface area contributed by atoms with E-state index in [0.717, 1.165) is 5.56 Å². The zero-order chi connectivity index (χ0) is 18.1. The van der Waals surface area contributed by atoms with E-state index in [2.05, 4.69) is 4.98 Å². The van der Waals surface area contributed by atoms with Crippen molar-refractivity contribution in [1.29, 1.82) is 0 Å². The summed E-state index contributed by atoms with van der Waals surface area (Å²) in [6.07, 6.45) is 4.06. The SMILES string of the molecule is O=C(c1ccccc1OCc1cccnc1)N1C[C@@H]2CCS(=O)(=O)[C@@H]2C1. The number of rotatable bonds is 4. The van der Waals surface area contributed by atoms with Crippen molar-refractivity contribution in [2.45, 2.75) is 18.3 Å². The van der Waals surface area contributed by atoms with Gasteiger partial charge in [0.2, 0.25) is 0 Å². The lowest BCUT2D eigenvalue weighted by Gasteiger charge is -2.19. The molecule has 1 aromatic heterocycles. The van der Waals surface area contributed by atoms with Crippen LogP contribution in [0, 0.1) is 5.92 Å². The first kappa shape index (κ1) is 17.0. The first-order valence-electron chi connectivity index (χ1n) is 8.66. The van der Waals surface area contributed by atoms with Crippen molar-refractivity contribution in [3.63, 3.8) is 0 Å². The van der Waals surface area contributed by atoms with Crippen LogP contribution in [0.2, 0.25) is 0 Å². The summed E-state index contributed by atoms with van der Waals surface area (Å²) in [5.41, 5.74) is 1.38. The van der Waals surface area contributed by atoms with Gasteiger partial charge in [-0.2, -0.15) is 0 Å². The molecule has 7 heteroatoms. The van der Waals surface area contributed by atoms with E-state index >= 15 is 0 Å². The second-order valence-corrected chi connectivity index (χ2v) is 9.15. The molecule has 6 nitrogen and oxygen atoms in total. The summed E-state index contributed by atoms with van der Waals surface area (Å²) in [6.45, 7) is 1.10. The lowest BCUT2D eigenvalue weighted by molar-refractivity contribution is 0.0782. The van der Waals surface area contributed by atoms with Crippen LogP contribution in [-0.2, 0) is 16.4 Å². The molecule has 0 unspecified atom stereocenters. The smallest absolute Gasteiger partial charge is 0.257 e. The fourth-order valence-corrected chi connectivity index (χ4v) is 5.89. The van der Waals surface area contributed by atoms with Gasteiger partial charge in [-0.25, -0.2) is 8.42 Å². The van der Waals surface area contributed by atoms with Gasteiger partial charge in [0.1, 0.15) is 12.4 Å². The Labute approximate surface area is 152 Å². The summed E-state index contributed by atoms with van der Waals surface area (Å²) < 4.78 is 30.0. The summed E-state index contributed by atoms with van der Waals surface area (Å²) in [7, 11) is -3.06. The van der Waals surface area contributed by atoms with Gasteiger partial charge in [-0.15, -0.1) is 0 Å². The van der Waals surface area contributed by atoms with Crippen LogP contribution in [0.15, 0.2) is 48.8 Å². The molecule has 0 radical (unpaired) electrons. The van der Waals surface area contributed by atoms with Gasteiger partial charge >= 0.3 is 0 Å². The number of likely N-dealkylation sites (tertiary alicyclic amines) is 1. The van der Waals surface area contributed by atoms with Crippen LogP contribution in [0.5, 0.6) is 5.75 Å². The minimum absolute atomic E-state index is 0.0624. The number of carbonyl (C=O) groups is 1. The zero-order valence-corrected chi connectivity index (χ0v) is 15.1. The Kier molecular flexibility index (Phi) is 4.40. The van der Waals surface area contributed by atoms with E-state index in [-0.39, 0.29) is 24.1 Å². The largest absolute Gasteiger partial charge is 0.488 e. The minimum Gasteiger partial charge on any atom is -0.488 e. The molecule has 0 N–H and O–H groups in total. The fraction of sp³-hybridized carbons (Fsp3) is 0.368. The number of carbonyl (C=O) groups excluding carboxylic acids is 1. The highest BCUT2D eigenvalue weighted by Crippen LogP contribution is 2.35. The maximum atomic E-state index is 13.0. The third-order valence-electron chi connectivity index (χ3n) is 5.14. The lowest BCUT2D eigenvalue weighted by atomic mass is 10.1.